The Labute approximate surface area is 128 Å². The molecule has 114 valence electrons. The summed E-state index contributed by atoms with van der Waals surface area (Å²) in [6, 6.07) is 9.00. The van der Waals surface area contributed by atoms with E-state index in [0.717, 1.165) is 31.6 Å². The van der Waals surface area contributed by atoms with Gasteiger partial charge >= 0.3 is 0 Å². The number of hydrogen-bond acceptors (Lipinski definition) is 2. The maximum atomic E-state index is 5.63. The molecule has 1 aromatic carbocycles. The number of benzene rings is 1. The second-order valence-electron chi connectivity index (χ2n) is 5.73. The highest BCUT2D eigenvalue weighted by Gasteiger charge is 2.18. The van der Waals surface area contributed by atoms with Gasteiger partial charge in [0.05, 0.1) is 6.26 Å². The van der Waals surface area contributed by atoms with Crippen LogP contribution in [-0.2, 0) is 12.8 Å². The molecule has 2 aromatic rings. The smallest absolute Gasteiger partial charge is 0.108 e. The molecule has 0 amide bonds. The van der Waals surface area contributed by atoms with Gasteiger partial charge in [-0.05, 0) is 56.0 Å². The van der Waals surface area contributed by atoms with Gasteiger partial charge in [0.2, 0.25) is 0 Å². The zero-order valence-electron chi connectivity index (χ0n) is 13.7. The maximum absolute atomic E-state index is 5.63. The van der Waals surface area contributed by atoms with E-state index < -0.39 is 0 Å². The van der Waals surface area contributed by atoms with Crippen molar-refractivity contribution in [3.05, 3.63) is 58.5 Å². The van der Waals surface area contributed by atoms with E-state index in [2.05, 4.69) is 57.3 Å². The van der Waals surface area contributed by atoms with Crippen LogP contribution < -0.4 is 5.32 Å². The van der Waals surface area contributed by atoms with E-state index in [1.54, 1.807) is 0 Å². The Bertz CT molecular complexity index is 550. The predicted octanol–water partition coefficient (Wildman–Crippen LogP) is 4.74. The summed E-state index contributed by atoms with van der Waals surface area (Å²) in [6.45, 7) is 9.80. The Balaban J connectivity index is 2.28. The van der Waals surface area contributed by atoms with Crippen molar-refractivity contribution in [1.82, 2.24) is 5.32 Å². The van der Waals surface area contributed by atoms with Crippen molar-refractivity contribution in [1.29, 1.82) is 0 Å². The van der Waals surface area contributed by atoms with Crippen LogP contribution >= 0.6 is 0 Å². The lowest BCUT2D eigenvalue weighted by atomic mass is 9.92. The normalized spacial score (nSPS) is 12.6. The van der Waals surface area contributed by atoms with Gasteiger partial charge in [-0.25, -0.2) is 0 Å². The minimum atomic E-state index is 0.332. The summed E-state index contributed by atoms with van der Waals surface area (Å²) in [4.78, 5) is 0. The quantitative estimate of drug-likeness (QED) is 0.794. The molecule has 0 aliphatic heterocycles. The summed E-state index contributed by atoms with van der Waals surface area (Å²) in [5.74, 6) is 1.11. The first-order chi connectivity index (χ1) is 10.2. The third kappa shape index (κ3) is 3.76. The summed E-state index contributed by atoms with van der Waals surface area (Å²) in [7, 11) is 0. The van der Waals surface area contributed by atoms with Gasteiger partial charge < -0.3 is 9.73 Å². The number of rotatable bonds is 7. The van der Waals surface area contributed by atoms with Crippen molar-refractivity contribution in [2.24, 2.45) is 0 Å². The van der Waals surface area contributed by atoms with Crippen LogP contribution in [0, 0.1) is 13.8 Å². The lowest BCUT2D eigenvalue weighted by molar-refractivity contribution is 0.481. The van der Waals surface area contributed by atoms with E-state index in [-0.39, 0.29) is 0 Å². The first kappa shape index (κ1) is 15.8. The maximum Gasteiger partial charge on any atom is 0.108 e. The molecule has 2 rings (SSSR count). The molecule has 0 bridgehead atoms. The molecule has 0 radical (unpaired) electrons. The third-order valence-electron chi connectivity index (χ3n) is 4.17. The summed E-state index contributed by atoms with van der Waals surface area (Å²) in [5, 5.41) is 3.69. The van der Waals surface area contributed by atoms with E-state index in [9.17, 15) is 0 Å². The van der Waals surface area contributed by atoms with Crippen LogP contribution in [0.3, 0.4) is 0 Å². The van der Waals surface area contributed by atoms with E-state index in [1.165, 1.54) is 22.3 Å². The zero-order chi connectivity index (χ0) is 15.2. The Hall–Kier alpha value is -1.54. The van der Waals surface area contributed by atoms with Crippen molar-refractivity contribution < 1.29 is 4.42 Å². The van der Waals surface area contributed by atoms with Crippen molar-refractivity contribution in [3.8, 4) is 0 Å². The molecule has 1 unspecified atom stereocenters. The minimum Gasteiger partial charge on any atom is -0.469 e. The average Bonchev–Trinajstić information content (AvgIpc) is 2.94. The fourth-order valence-corrected chi connectivity index (χ4v) is 2.93. The Morgan fingerprint density at radius 1 is 1.10 bits per heavy atom. The van der Waals surface area contributed by atoms with Crippen molar-refractivity contribution in [3.63, 3.8) is 0 Å². The van der Waals surface area contributed by atoms with Crippen LogP contribution in [0.15, 0.2) is 34.9 Å². The molecule has 1 N–H and O–H groups in total. The highest BCUT2D eigenvalue weighted by Crippen LogP contribution is 2.26. The molecule has 1 heterocycles. The van der Waals surface area contributed by atoms with Gasteiger partial charge in [-0.1, -0.05) is 32.0 Å². The second kappa shape index (κ2) is 7.46. The summed E-state index contributed by atoms with van der Waals surface area (Å²) >= 11 is 0. The minimum absolute atomic E-state index is 0.332. The second-order valence-corrected chi connectivity index (χ2v) is 5.73. The van der Waals surface area contributed by atoms with Crippen molar-refractivity contribution in [2.75, 3.05) is 6.54 Å². The molecule has 0 aliphatic carbocycles. The average molecular weight is 285 g/mol. The molecular weight excluding hydrogens is 258 g/mol. The third-order valence-corrected chi connectivity index (χ3v) is 4.17. The monoisotopic (exact) mass is 285 g/mol. The Morgan fingerprint density at radius 3 is 2.43 bits per heavy atom. The molecule has 0 fully saturated rings. The standard InChI is InChI=1S/C19H27NO/c1-5-11-20-18(16-10-12-21-19(16)6-2)13-17-14(3)8-7-9-15(17)4/h7-10,12,18,20H,5-6,11,13H2,1-4H3. The van der Waals surface area contributed by atoms with Crippen molar-refractivity contribution in [2.45, 2.75) is 53.0 Å². The molecule has 1 atom stereocenters. The van der Waals surface area contributed by atoms with Gasteiger partial charge in [0, 0.05) is 18.0 Å². The van der Waals surface area contributed by atoms with Gasteiger partial charge in [-0.2, -0.15) is 0 Å². The van der Waals surface area contributed by atoms with Crippen LogP contribution in [0.1, 0.15) is 54.3 Å². The van der Waals surface area contributed by atoms with Crippen LogP contribution in [0.2, 0.25) is 0 Å². The molecule has 0 saturated heterocycles. The van der Waals surface area contributed by atoms with E-state index >= 15 is 0 Å². The number of nitrogens with one attached hydrogen (secondary N) is 1. The molecular formula is C19H27NO. The van der Waals surface area contributed by atoms with Gasteiger partial charge in [0.25, 0.3) is 0 Å². The first-order valence-corrected chi connectivity index (χ1v) is 8.02. The van der Waals surface area contributed by atoms with Crippen LogP contribution in [0.4, 0.5) is 0 Å². The summed E-state index contributed by atoms with van der Waals surface area (Å²) < 4.78 is 5.63. The lowest BCUT2D eigenvalue weighted by Crippen LogP contribution is -2.25. The van der Waals surface area contributed by atoms with E-state index in [0.29, 0.717) is 6.04 Å². The molecule has 2 heteroatoms. The van der Waals surface area contributed by atoms with Gasteiger partial charge in [0.15, 0.2) is 0 Å². The summed E-state index contributed by atoms with van der Waals surface area (Å²) in [6.07, 6.45) is 4.92. The SMILES string of the molecule is CCCNC(Cc1c(C)cccc1C)c1ccoc1CC. The molecule has 0 saturated carbocycles. The topological polar surface area (TPSA) is 25.2 Å². The number of hydrogen-bond donors (Lipinski definition) is 1. The van der Waals surface area contributed by atoms with Crippen molar-refractivity contribution >= 4 is 0 Å². The van der Waals surface area contributed by atoms with Crippen LogP contribution in [0.25, 0.3) is 0 Å². The highest BCUT2D eigenvalue weighted by atomic mass is 16.3. The van der Waals surface area contributed by atoms with Gasteiger partial charge in [-0.3, -0.25) is 0 Å². The lowest BCUT2D eigenvalue weighted by Gasteiger charge is -2.21. The number of furan rings is 1. The molecule has 1 aromatic heterocycles. The molecule has 0 aliphatic rings. The summed E-state index contributed by atoms with van der Waals surface area (Å²) in [5.41, 5.74) is 5.52. The molecule has 2 nitrogen and oxygen atoms in total. The predicted molar refractivity (Wildman–Crippen MR) is 88.7 cm³/mol. The van der Waals surface area contributed by atoms with Gasteiger partial charge in [0.1, 0.15) is 5.76 Å². The van der Waals surface area contributed by atoms with Crippen LogP contribution in [-0.4, -0.2) is 6.54 Å². The molecule has 21 heavy (non-hydrogen) atoms. The largest absolute Gasteiger partial charge is 0.469 e. The Morgan fingerprint density at radius 2 is 1.81 bits per heavy atom. The van der Waals surface area contributed by atoms with E-state index in [4.69, 9.17) is 4.42 Å². The number of aryl methyl sites for hydroxylation is 3. The molecule has 0 spiro atoms. The fraction of sp³-hybridized carbons (Fsp3) is 0.474. The Kier molecular flexibility index (Phi) is 5.63. The highest BCUT2D eigenvalue weighted by molar-refractivity contribution is 5.36. The fourth-order valence-electron chi connectivity index (χ4n) is 2.93. The van der Waals surface area contributed by atoms with E-state index in [1.807, 2.05) is 6.26 Å². The first-order valence-electron chi connectivity index (χ1n) is 8.02. The zero-order valence-corrected chi connectivity index (χ0v) is 13.7. The van der Waals surface area contributed by atoms with Gasteiger partial charge in [-0.15, -0.1) is 0 Å². The van der Waals surface area contributed by atoms with Crippen LogP contribution in [0.5, 0.6) is 0 Å².